The Morgan fingerprint density at radius 3 is 2.50 bits per heavy atom. The maximum absolute atomic E-state index is 13.0. The van der Waals surface area contributed by atoms with Crippen molar-refractivity contribution in [3.8, 4) is 0 Å². The van der Waals surface area contributed by atoms with E-state index in [0.717, 1.165) is 19.3 Å². The van der Waals surface area contributed by atoms with Gasteiger partial charge in [-0.1, -0.05) is 42.5 Å². The Balaban J connectivity index is 1.34. The topological polar surface area (TPSA) is 57.6 Å². The monoisotopic (exact) mass is 349 g/mol. The predicted molar refractivity (Wildman–Crippen MR) is 98.7 cm³/mol. The summed E-state index contributed by atoms with van der Waals surface area (Å²) in [4.78, 5) is 26.5. The van der Waals surface area contributed by atoms with E-state index in [9.17, 15) is 14.7 Å². The number of likely N-dealkylation sites (tertiary alicyclic amines) is 1. The number of carboxylic acids is 1. The van der Waals surface area contributed by atoms with E-state index < -0.39 is 5.97 Å². The average molecular weight is 349 g/mol. The Bertz CT molecular complexity index is 883. The highest BCUT2D eigenvalue weighted by Crippen LogP contribution is 2.52. The summed E-state index contributed by atoms with van der Waals surface area (Å²) in [6, 6.07) is 14.6. The molecule has 2 aromatic rings. The number of carboxylic acid groups (broad SMARTS) is 1. The van der Waals surface area contributed by atoms with Gasteiger partial charge in [0.15, 0.2) is 0 Å². The van der Waals surface area contributed by atoms with Crippen LogP contribution in [0.3, 0.4) is 0 Å². The summed E-state index contributed by atoms with van der Waals surface area (Å²) in [5, 5.41) is 12.0. The second kappa shape index (κ2) is 5.83. The second-order valence-electron chi connectivity index (χ2n) is 8.21. The molecule has 4 nitrogen and oxygen atoms in total. The van der Waals surface area contributed by atoms with Crippen LogP contribution in [0, 0.1) is 23.7 Å². The van der Waals surface area contributed by atoms with Gasteiger partial charge in [-0.15, -0.1) is 0 Å². The minimum Gasteiger partial charge on any atom is -0.481 e. The van der Waals surface area contributed by atoms with E-state index in [4.69, 9.17) is 0 Å². The minimum atomic E-state index is -0.737. The number of rotatable bonds is 4. The highest BCUT2D eigenvalue weighted by atomic mass is 16.4. The van der Waals surface area contributed by atoms with Crippen molar-refractivity contribution in [1.82, 2.24) is 4.90 Å². The first kappa shape index (κ1) is 15.9. The number of benzene rings is 2. The quantitative estimate of drug-likeness (QED) is 0.919. The van der Waals surface area contributed by atoms with Crippen LogP contribution in [0.2, 0.25) is 0 Å². The first-order valence-corrected chi connectivity index (χ1v) is 9.62. The smallest absolute Gasteiger partial charge is 0.308 e. The van der Waals surface area contributed by atoms with Crippen LogP contribution in [-0.2, 0) is 9.59 Å². The summed E-state index contributed by atoms with van der Waals surface area (Å²) in [6.07, 6.45) is 3.13. The molecule has 1 heterocycles. The van der Waals surface area contributed by atoms with E-state index >= 15 is 0 Å². The number of fused-ring (bicyclic) bond motifs is 1. The van der Waals surface area contributed by atoms with Crippen LogP contribution in [0.1, 0.15) is 30.7 Å². The molecule has 3 aliphatic rings. The van der Waals surface area contributed by atoms with Crippen molar-refractivity contribution >= 4 is 22.6 Å². The third-order valence-corrected chi connectivity index (χ3v) is 6.55. The number of hydrogen-bond acceptors (Lipinski definition) is 2. The first-order valence-electron chi connectivity index (χ1n) is 9.62. The normalized spacial score (nSPS) is 30.5. The lowest BCUT2D eigenvalue weighted by atomic mass is 9.92. The third-order valence-electron chi connectivity index (χ3n) is 6.55. The molecule has 1 aliphatic heterocycles. The van der Waals surface area contributed by atoms with Gasteiger partial charge in [0.2, 0.25) is 5.91 Å². The molecule has 0 bridgehead atoms. The predicted octanol–water partition coefficient (Wildman–Crippen LogP) is 3.51. The van der Waals surface area contributed by atoms with Crippen molar-refractivity contribution in [3.63, 3.8) is 0 Å². The lowest BCUT2D eigenvalue weighted by Gasteiger charge is -2.16. The van der Waals surface area contributed by atoms with Gasteiger partial charge in [-0.25, -0.2) is 0 Å². The van der Waals surface area contributed by atoms with Crippen LogP contribution in [0.4, 0.5) is 0 Å². The summed E-state index contributed by atoms with van der Waals surface area (Å²) in [5.41, 5.74) is 1.26. The number of carbonyl (C=O) groups excluding carboxylic acids is 1. The molecule has 3 fully saturated rings. The number of carbonyl (C=O) groups is 2. The van der Waals surface area contributed by atoms with Crippen molar-refractivity contribution in [3.05, 3.63) is 48.0 Å². The van der Waals surface area contributed by atoms with Gasteiger partial charge in [-0.2, -0.15) is 0 Å². The number of hydrogen-bond donors (Lipinski definition) is 1. The van der Waals surface area contributed by atoms with Gasteiger partial charge in [-0.3, -0.25) is 9.59 Å². The van der Waals surface area contributed by atoms with Gasteiger partial charge in [-0.05, 0) is 53.4 Å². The Kier molecular flexibility index (Phi) is 3.56. The largest absolute Gasteiger partial charge is 0.481 e. The molecule has 2 aromatic carbocycles. The summed E-state index contributed by atoms with van der Waals surface area (Å²) >= 11 is 0. The van der Waals surface area contributed by atoms with E-state index in [2.05, 4.69) is 30.3 Å². The molecule has 134 valence electrons. The molecule has 2 saturated carbocycles. The van der Waals surface area contributed by atoms with Crippen molar-refractivity contribution in [2.75, 3.05) is 13.1 Å². The molecule has 2 unspecified atom stereocenters. The zero-order valence-electron chi connectivity index (χ0n) is 14.7. The van der Waals surface area contributed by atoms with Crippen molar-refractivity contribution in [2.24, 2.45) is 23.7 Å². The highest BCUT2D eigenvalue weighted by molar-refractivity contribution is 5.90. The van der Waals surface area contributed by atoms with Gasteiger partial charge < -0.3 is 10.0 Å². The summed E-state index contributed by atoms with van der Waals surface area (Å²) in [7, 11) is 0. The van der Waals surface area contributed by atoms with Gasteiger partial charge >= 0.3 is 5.97 Å². The van der Waals surface area contributed by atoms with Crippen molar-refractivity contribution < 1.29 is 14.7 Å². The molecule has 0 radical (unpaired) electrons. The Hall–Kier alpha value is -2.36. The molecular weight excluding hydrogens is 326 g/mol. The first-order chi connectivity index (χ1) is 12.6. The molecule has 26 heavy (non-hydrogen) atoms. The van der Waals surface area contributed by atoms with Gasteiger partial charge in [0.05, 0.1) is 5.92 Å². The van der Waals surface area contributed by atoms with E-state index in [1.165, 1.54) is 16.3 Å². The molecule has 4 heteroatoms. The minimum absolute atomic E-state index is 0.0215. The number of aliphatic carboxylic acids is 1. The molecule has 1 saturated heterocycles. The number of nitrogens with zero attached hydrogens (tertiary/aromatic N) is 1. The van der Waals surface area contributed by atoms with E-state index in [0.29, 0.717) is 19.0 Å². The summed E-state index contributed by atoms with van der Waals surface area (Å²) < 4.78 is 0. The average Bonchev–Trinajstić information content (AvgIpc) is 3.58. The van der Waals surface area contributed by atoms with Gasteiger partial charge in [0, 0.05) is 19.0 Å². The van der Waals surface area contributed by atoms with E-state index in [1.807, 2.05) is 17.0 Å². The second-order valence-corrected chi connectivity index (χ2v) is 8.21. The maximum atomic E-state index is 13.0. The zero-order valence-corrected chi connectivity index (χ0v) is 14.7. The van der Waals surface area contributed by atoms with Gasteiger partial charge in [0.25, 0.3) is 0 Å². The lowest BCUT2D eigenvalue weighted by Crippen LogP contribution is -2.31. The fourth-order valence-corrected chi connectivity index (χ4v) is 4.89. The molecule has 4 atom stereocenters. The molecule has 2 aliphatic carbocycles. The molecule has 0 aromatic heterocycles. The van der Waals surface area contributed by atoms with E-state index in [-0.39, 0.29) is 29.6 Å². The number of amides is 1. The molecule has 1 amide bonds. The Morgan fingerprint density at radius 2 is 1.73 bits per heavy atom. The van der Waals surface area contributed by atoms with Gasteiger partial charge in [0.1, 0.15) is 0 Å². The van der Waals surface area contributed by atoms with Crippen LogP contribution in [-0.4, -0.2) is 35.0 Å². The SMILES string of the molecule is O=C(O)[C@H]1CN(C(=O)C2CC2c2cccc3ccccc23)C[C@@H]1C1CC1. The third kappa shape index (κ3) is 2.59. The maximum Gasteiger partial charge on any atom is 0.308 e. The summed E-state index contributed by atoms with van der Waals surface area (Å²) in [5.74, 6) is 0.0235. The van der Waals surface area contributed by atoms with Crippen LogP contribution in [0.15, 0.2) is 42.5 Å². The van der Waals surface area contributed by atoms with E-state index in [1.54, 1.807) is 0 Å². The van der Waals surface area contributed by atoms with Crippen LogP contribution in [0.5, 0.6) is 0 Å². The van der Waals surface area contributed by atoms with Crippen LogP contribution in [0.25, 0.3) is 10.8 Å². The lowest BCUT2D eigenvalue weighted by molar-refractivity contribution is -0.142. The molecule has 0 spiro atoms. The van der Waals surface area contributed by atoms with Crippen molar-refractivity contribution in [1.29, 1.82) is 0 Å². The summed E-state index contributed by atoms with van der Waals surface area (Å²) in [6.45, 7) is 1.04. The standard InChI is InChI=1S/C22H23NO3/c24-21(23-11-19(14-8-9-14)20(12-23)22(25)26)18-10-17(18)16-7-3-5-13-4-1-2-6-15(13)16/h1-7,14,17-20H,8-12H2,(H,25,26)/t17?,18?,19-,20+/m1/s1. The van der Waals surface area contributed by atoms with Crippen LogP contribution >= 0.6 is 0 Å². The molecular formula is C22H23NO3. The molecule has 5 rings (SSSR count). The van der Waals surface area contributed by atoms with Crippen molar-refractivity contribution in [2.45, 2.75) is 25.2 Å². The fourth-order valence-electron chi connectivity index (χ4n) is 4.89. The molecule has 1 N–H and O–H groups in total. The Labute approximate surface area is 152 Å². The highest BCUT2D eigenvalue weighted by Gasteiger charge is 2.51. The fraction of sp³-hybridized carbons (Fsp3) is 0.455. The zero-order chi connectivity index (χ0) is 17.8. The Morgan fingerprint density at radius 1 is 0.962 bits per heavy atom. The van der Waals surface area contributed by atoms with Crippen LogP contribution < -0.4 is 0 Å².